The van der Waals surface area contributed by atoms with Crippen molar-refractivity contribution in [2.45, 2.75) is 64.6 Å². The first kappa shape index (κ1) is 32.7. The van der Waals surface area contributed by atoms with Crippen LogP contribution in [-0.4, -0.2) is 43.8 Å². The normalized spacial score (nSPS) is 12.9. The van der Waals surface area contributed by atoms with Gasteiger partial charge in [0.15, 0.2) is 0 Å². The molecule has 0 fully saturated rings. The average Bonchev–Trinajstić information content (AvgIpc) is 2.91. The fourth-order valence-electron chi connectivity index (χ4n) is 4.13. The van der Waals surface area contributed by atoms with Gasteiger partial charge >= 0.3 is 0 Å². The maximum absolute atomic E-state index is 14.1. The first-order valence-electron chi connectivity index (χ1n) is 13.1. The zero-order chi connectivity index (χ0) is 30.5. The highest BCUT2D eigenvalue weighted by Gasteiger charge is 2.33. The van der Waals surface area contributed by atoms with E-state index in [1.54, 1.807) is 62.4 Å². The fraction of sp³-hybridized carbons (Fsp3) is 0.333. The smallest absolute Gasteiger partial charge is 0.264 e. The van der Waals surface area contributed by atoms with Crippen molar-refractivity contribution in [1.82, 2.24) is 10.2 Å². The Morgan fingerprint density at radius 2 is 1.51 bits per heavy atom. The molecule has 0 aromatic heterocycles. The third-order valence-electron chi connectivity index (χ3n) is 6.84. The molecule has 0 aliphatic rings. The molecule has 2 atom stereocenters. The minimum absolute atomic E-state index is 0.0279. The summed E-state index contributed by atoms with van der Waals surface area (Å²) in [5, 5.41) is 4.08. The summed E-state index contributed by atoms with van der Waals surface area (Å²) in [6, 6.07) is 15.0. The van der Waals surface area contributed by atoms with Crippen LogP contribution in [0.25, 0.3) is 0 Å². The van der Waals surface area contributed by atoms with E-state index in [9.17, 15) is 18.0 Å². The van der Waals surface area contributed by atoms with Gasteiger partial charge in [-0.15, -0.1) is 0 Å². The van der Waals surface area contributed by atoms with E-state index in [2.05, 4.69) is 5.32 Å². The predicted molar refractivity (Wildman–Crippen MR) is 166 cm³/mol. The molecule has 0 radical (unpaired) electrons. The van der Waals surface area contributed by atoms with Crippen LogP contribution in [0.2, 0.25) is 15.1 Å². The largest absolute Gasteiger partial charge is 0.352 e. The Balaban J connectivity index is 2.08. The van der Waals surface area contributed by atoms with Crippen LogP contribution in [-0.2, 0) is 26.2 Å². The highest BCUT2D eigenvalue weighted by molar-refractivity contribution is 7.92. The molecule has 0 saturated heterocycles. The SMILES string of the molecule is CCC(C)NC(=O)C(C)N(Cc1ccc(Cl)cc1Cl)C(=O)CN(c1ccc(Cl)cc1C)S(=O)(=O)c1ccc(C)cc1. The quantitative estimate of drug-likeness (QED) is 0.251. The van der Waals surface area contributed by atoms with Gasteiger partial charge in [0, 0.05) is 27.7 Å². The van der Waals surface area contributed by atoms with Gasteiger partial charge < -0.3 is 10.2 Å². The molecule has 0 aliphatic carbocycles. The van der Waals surface area contributed by atoms with E-state index in [0.29, 0.717) is 38.3 Å². The van der Waals surface area contributed by atoms with E-state index in [0.717, 1.165) is 9.87 Å². The second kappa shape index (κ2) is 13.9. The summed E-state index contributed by atoms with van der Waals surface area (Å²) in [5.41, 5.74) is 2.31. The Morgan fingerprint density at radius 1 is 0.902 bits per heavy atom. The Morgan fingerprint density at radius 3 is 2.10 bits per heavy atom. The van der Waals surface area contributed by atoms with E-state index in [4.69, 9.17) is 34.8 Å². The molecule has 11 heteroatoms. The molecule has 2 amide bonds. The third-order valence-corrected chi connectivity index (χ3v) is 9.44. The lowest BCUT2D eigenvalue weighted by Crippen LogP contribution is -2.52. The second-order valence-electron chi connectivity index (χ2n) is 10.0. The number of anilines is 1. The van der Waals surface area contributed by atoms with Crippen LogP contribution in [0.4, 0.5) is 5.69 Å². The maximum Gasteiger partial charge on any atom is 0.264 e. The molecule has 2 unspecified atom stereocenters. The minimum Gasteiger partial charge on any atom is -0.352 e. The molecule has 3 rings (SSSR count). The number of halogens is 3. The van der Waals surface area contributed by atoms with E-state index in [1.165, 1.54) is 17.0 Å². The monoisotopic (exact) mass is 637 g/mol. The molecule has 7 nitrogen and oxygen atoms in total. The van der Waals surface area contributed by atoms with Gasteiger partial charge in [-0.25, -0.2) is 8.42 Å². The molecule has 0 spiro atoms. The molecule has 41 heavy (non-hydrogen) atoms. The van der Waals surface area contributed by atoms with Crippen molar-refractivity contribution < 1.29 is 18.0 Å². The second-order valence-corrected chi connectivity index (χ2v) is 13.1. The summed E-state index contributed by atoms with van der Waals surface area (Å²) in [7, 11) is -4.19. The zero-order valence-electron chi connectivity index (χ0n) is 23.6. The van der Waals surface area contributed by atoms with Crippen LogP contribution in [0.1, 0.15) is 43.9 Å². The van der Waals surface area contributed by atoms with Crippen molar-refractivity contribution in [3.63, 3.8) is 0 Å². The van der Waals surface area contributed by atoms with Crippen LogP contribution in [0.3, 0.4) is 0 Å². The number of sulfonamides is 1. The van der Waals surface area contributed by atoms with Gasteiger partial charge in [-0.05, 0) is 87.7 Å². The van der Waals surface area contributed by atoms with Gasteiger partial charge in [0.1, 0.15) is 12.6 Å². The summed E-state index contributed by atoms with van der Waals surface area (Å²) in [4.78, 5) is 28.6. The molecular weight excluding hydrogens is 605 g/mol. The number of nitrogens with zero attached hydrogens (tertiary/aromatic N) is 2. The van der Waals surface area contributed by atoms with Crippen molar-refractivity contribution in [3.05, 3.63) is 92.4 Å². The van der Waals surface area contributed by atoms with Gasteiger partial charge in [0.25, 0.3) is 10.0 Å². The number of hydrogen-bond acceptors (Lipinski definition) is 4. The summed E-state index contributed by atoms with van der Waals surface area (Å²) < 4.78 is 29.0. The maximum atomic E-state index is 14.1. The van der Waals surface area contributed by atoms with Crippen molar-refractivity contribution in [1.29, 1.82) is 0 Å². The molecule has 0 aliphatic heterocycles. The van der Waals surface area contributed by atoms with Gasteiger partial charge in [0.05, 0.1) is 10.6 Å². The average molecular weight is 639 g/mol. The number of benzene rings is 3. The Kier molecular flexibility index (Phi) is 11.1. The lowest BCUT2D eigenvalue weighted by atomic mass is 10.1. The van der Waals surface area contributed by atoms with Crippen LogP contribution >= 0.6 is 34.8 Å². The molecule has 0 heterocycles. The van der Waals surface area contributed by atoms with E-state index in [-0.39, 0.29) is 23.4 Å². The molecule has 0 saturated carbocycles. The van der Waals surface area contributed by atoms with Crippen molar-refractivity contribution >= 4 is 62.3 Å². The predicted octanol–water partition coefficient (Wildman–Crippen LogP) is 6.79. The first-order chi connectivity index (χ1) is 19.2. The number of aryl methyl sites for hydroxylation is 2. The number of nitrogens with one attached hydrogen (secondary N) is 1. The highest BCUT2D eigenvalue weighted by atomic mass is 35.5. The molecule has 3 aromatic rings. The molecule has 1 N–H and O–H groups in total. The Bertz CT molecular complexity index is 1510. The number of rotatable bonds is 11. The molecule has 220 valence electrons. The van der Waals surface area contributed by atoms with Crippen LogP contribution in [0, 0.1) is 13.8 Å². The lowest BCUT2D eigenvalue weighted by molar-refractivity contribution is -0.139. The highest BCUT2D eigenvalue weighted by Crippen LogP contribution is 2.30. The molecule has 0 bridgehead atoms. The first-order valence-corrected chi connectivity index (χ1v) is 15.7. The molecule has 3 aromatic carbocycles. The summed E-state index contributed by atoms with van der Waals surface area (Å²) >= 11 is 18.7. The number of carbonyl (C=O) groups excluding carboxylic acids is 2. The van der Waals surface area contributed by atoms with Crippen LogP contribution in [0.15, 0.2) is 65.6 Å². The fourth-order valence-corrected chi connectivity index (χ4v) is 6.30. The topological polar surface area (TPSA) is 86.8 Å². The lowest BCUT2D eigenvalue weighted by Gasteiger charge is -2.33. The van der Waals surface area contributed by atoms with Crippen LogP contribution in [0.5, 0.6) is 0 Å². The zero-order valence-corrected chi connectivity index (χ0v) is 26.7. The number of hydrogen-bond donors (Lipinski definition) is 1. The van der Waals surface area contributed by atoms with Gasteiger partial charge in [-0.2, -0.15) is 0 Å². The van der Waals surface area contributed by atoms with E-state index >= 15 is 0 Å². The number of carbonyl (C=O) groups is 2. The Hall–Kier alpha value is -2.78. The molecular formula is C30H34Cl3N3O4S. The summed E-state index contributed by atoms with van der Waals surface area (Å²) in [6.45, 7) is 8.38. The van der Waals surface area contributed by atoms with E-state index < -0.39 is 28.5 Å². The van der Waals surface area contributed by atoms with Crippen molar-refractivity contribution in [2.75, 3.05) is 10.8 Å². The van der Waals surface area contributed by atoms with Crippen molar-refractivity contribution in [2.24, 2.45) is 0 Å². The number of amides is 2. The third kappa shape index (κ3) is 8.16. The van der Waals surface area contributed by atoms with E-state index in [1.807, 2.05) is 20.8 Å². The summed E-state index contributed by atoms with van der Waals surface area (Å²) in [6.07, 6.45) is 0.702. The minimum atomic E-state index is -4.19. The van der Waals surface area contributed by atoms with Gasteiger partial charge in [0.2, 0.25) is 11.8 Å². The van der Waals surface area contributed by atoms with Gasteiger partial charge in [-0.3, -0.25) is 13.9 Å². The Labute approximate surface area is 257 Å². The standard InChI is InChI=1S/C30H34Cl3N3O4S/c1-6-21(4)34-30(38)22(5)35(17-23-9-10-25(32)16-27(23)33)29(37)18-36(28-14-11-24(31)15-20(28)3)41(39,40)26-12-7-19(2)8-13-26/h7-16,21-22H,6,17-18H2,1-5H3,(H,34,38). The summed E-state index contributed by atoms with van der Waals surface area (Å²) in [5.74, 6) is -0.957. The van der Waals surface area contributed by atoms with Crippen molar-refractivity contribution in [3.8, 4) is 0 Å². The van der Waals surface area contributed by atoms with Gasteiger partial charge in [-0.1, -0.05) is 65.5 Å². The van der Waals surface area contributed by atoms with Crippen LogP contribution < -0.4 is 9.62 Å².